The Morgan fingerprint density at radius 3 is 3.00 bits per heavy atom. The highest BCUT2D eigenvalue weighted by molar-refractivity contribution is 9.10. The van der Waals surface area contributed by atoms with Crippen molar-refractivity contribution in [3.05, 3.63) is 40.4 Å². The molecule has 2 rings (SSSR count). The lowest BCUT2D eigenvalue weighted by molar-refractivity contribution is 0.0519. The minimum absolute atomic E-state index is 0.0409. The summed E-state index contributed by atoms with van der Waals surface area (Å²) >= 11 is 3.16. The van der Waals surface area contributed by atoms with Crippen molar-refractivity contribution in [2.24, 2.45) is 0 Å². The van der Waals surface area contributed by atoms with Gasteiger partial charge in [0.15, 0.2) is 5.69 Å². The highest BCUT2D eigenvalue weighted by atomic mass is 79.9. The molecule has 0 bridgehead atoms. The van der Waals surface area contributed by atoms with Gasteiger partial charge in [-0.3, -0.25) is 0 Å². The van der Waals surface area contributed by atoms with E-state index in [2.05, 4.69) is 26.2 Å². The van der Waals surface area contributed by atoms with Gasteiger partial charge in [0.05, 0.1) is 12.8 Å². The summed E-state index contributed by atoms with van der Waals surface area (Å²) in [5, 5.41) is 7.33. The van der Waals surface area contributed by atoms with Crippen LogP contribution in [0.1, 0.15) is 17.4 Å². The molecule has 2 aromatic rings. The van der Waals surface area contributed by atoms with Gasteiger partial charge in [-0.1, -0.05) is 21.1 Å². The molecule has 0 aliphatic rings. The zero-order valence-electron chi connectivity index (χ0n) is 9.43. The molecule has 1 aromatic carbocycles. The molecule has 94 valence electrons. The van der Waals surface area contributed by atoms with E-state index < -0.39 is 11.8 Å². The number of aromatic nitrogens is 3. The molecule has 0 unspecified atom stereocenters. The number of nitrogens with zero attached hydrogens (tertiary/aromatic N) is 3. The van der Waals surface area contributed by atoms with Crippen LogP contribution in [0.25, 0.3) is 5.69 Å². The normalized spacial score (nSPS) is 10.4. The first-order chi connectivity index (χ1) is 8.61. The fourth-order valence-electron chi connectivity index (χ4n) is 1.35. The quantitative estimate of drug-likeness (QED) is 0.816. The third kappa shape index (κ3) is 2.56. The van der Waals surface area contributed by atoms with Crippen LogP contribution in [0.15, 0.2) is 28.9 Å². The monoisotopic (exact) mass is 313 g/mol. The van der Waals surface area contributed by atoms with Crippen molar-refractivity contribution in [3.63, 3.8) is 0 Å². The Morgan fingerprint density at radius 2 is 2.33 bits per heavy atom. The van der Waals surface area contributed by atoms with Crippen molar-refractivity contribution >= 4 is 21.9 Å². The number of halogens is 2. The summed E-state index contributed by atoms with van der Waals surface area (Å²) in [5.74, 6) is -1.05. The first-order valence-electron chi connectivity index (χ1n) is 5.16. The van der Waals surface area contributed by atoms with Crippen LogP contribution in [-0.4, -0.2) is 27.6 Å². The van der Waals surface area contributed by atoms with E-state index in [-0.39, 0.29) is 18.0 Å². The summed E-state index contributed by atoms with van der Waals surface area (Å²) in [7, 11) is 0. The van der Waals surface area contributed by atoms with E-state index in [9.17, 15) is 9.18 Å². The maximum atomic E-state index is 13.7. The van der Waals surface area contributed by atoms with Crippen molar-refractivity contribution in [1.82, 2.24) is 15.0 Å². The molecule has 0 spiro atoms. The average Bonchev–Trinajstić information content (AvgIpc) is 2.78. The van der Waals surface area contributed by atoms with Crippen LogP contribution in [-0.2, 0) is 4.74 Å². The van der Waals surface area contributed by atoms with E-state index in [1.165, 1.54) is 23.0 Å². The molecule has 0 fully saturated rings. The van der Waals surface area contributed by atoms with E-state index in [1.54, 1.807) is 13.0 Å². The molecule has 0 saturated carbocycles. The lowest BCUT2D eigenvalue weighted by Gasteiger charge is -2.01. The smallest absolute Gasteiger partial charge is 0.360 e. The van der Waals surface area contributed by atoms with Gasteiger partial charge < -0.3 is 4.74 Å². The van der Waals surface area contributed by atoms with Crippen LogP contribution < -0.4 is 0 Å². The van der Waals surface area contributed by atoms with Crippen LogP contribution in [0.3, 0.4) is 0 Å². The molecule has 0 atom stereocenters. The van der Waals surface area contributed by atoms with Gasteiger partial charge in [-0.2, -0.15) is 0 Å². The molecule has 0 amide bonds. The summed E-state index contributed by atoms with van der Waals surface area (Å²) in [5.41, 5.74) is 0.250. The third-order valence-electron chi connectivity index (χ3n) is 2.13. The van der Waals surface area contributed by atoms with Gasteiger partial charge in [0.1, 0.15) is 11.5 Å². The Hall–Kier alpha value is -1.76. The molecule has 0 saturated heterocycles. The molecule has 0 aliphatic carbocycles. The molecular weight excluding hydrogens is 305 g/mol. The van der Waals surface area contributed by atoms with Crippen LogP contribution >= 0.6 is 15.9 Å². The predicted octanol–water partition coefficient (Wildman–Crippen LogP) is 2.35. The molecule has 0 N–H and O–H groups in total. The number of rotatable bonds is 3. The lowest BCUT2D eigenvalue weighted by Crippen LogP contribution is -2.04. The average molecular weight is 314 g/mol. The first kappa shape index (κ1) is 12.7. The molecule has 1 aromatic heterocycles. The Morgan fingerprint density at radius 1 is 1.56 bits per heavy atom. The Balaban J connectivity index is 2.32. The maximum Gasteiger partial charge on any atom is 0.360 e. The zero-order valence-corrected chi connectivity index (χ0v) is 11.0. The van der Waals surface area contributed by atoms with E-state index >= 15 is 0 Å². The highest BCUT2D eigenvalue weighted by Gasteiger charge is 2.14. The summed E-state index contributed by atoms with van der Waals surface area (Å²) in [6, 6.07) is 4.51. The van der Waals surface area contributed by atoms with Crippen molar-refractivity contribution in [2.75, 3.05) is 6.61 Å². The largest absolute Gasteiger partial charge is 0.461 e. The first-order valence-corrected chi connectivity index (χ1v) is 5.96. The SMILES string of the molecule is CCOC(=O)c1cn(-c2ccc(Br)cc2F)nn1. The summed E-state index contributed by atoms with van der Waals surface area (Å²) in [6.45, 7) is 1.94. The second-order valence-corrected chi connectivity index (χ2v) is 4.28. The Kier molecular flexibility index (Phi) is 3.71. The minimum Gasteiger partial charge on any atom is -0.461 e. The molecular formula is C11H9BrFN3O2. The molecule has 18 heavy (non-hydrogen) atoms. The van der Waals surface area contributed by atoms with Crippen LogP contribution in [0.2, 0.25) is 0 Å². The number of carbonyl (C=O) groups is 1. The minimum atomic E-state index is -0.582. The molecule has 1 heterocycles. The standard InChI is InChI=1S/C11H9BrFN3O2/c1-2-18-11(17)9-6-16(15-14-9)10-4-3-7(12)5-8(10)13/h3-6H,2H2,1H3. The predicted molar refractivity (Wildman–Crippen MR) is 65.0 cm³/mol. The molecule has 0 radical (unpaired) electrons. The fraction of sp³-hybridized carbons (Fsp3) is 0.182. The van der Waals surface area contributed by atoms with Crippen LogP contribution in [0.4, 0.5) is 4.39 Å². The fourth-order valence-corrected chi connectivity index (χ4v) is 1.68. The van der Waals surface area contributed by atoms with Crippen molar-refractivity contribution < 1.29 is 13.9 Å². The number of ether oxygens (including phenoxy) is 1. The number of hydrogen-bond acceptors (Lipinski definition) is 4. The summed E-state index contributed by atoms with van der Waals surface area (Å²) in [4.78, 5) is 11.4. The Labute approximate surface area is 111 Å². The maximum absolute atomic E-state index is 13.7. The van der Waals surface area contributed by atoms with Crippen molar-refractivity contribution in [2.45, 2.75) is 6.92 Å². The van der Waals surface area contributed by atoms with Gasteiger partial charge >= 0.3 is 5.97 Å². The van der Waals surface area contributed by atoms with Crippen molar-refractivity contribution in [1.29, 1.82) is 0 Å². The molecule has 5 nitrogen and oxygen atoms in total. The second kappa shape index (κ2) is 5.26. The zero-order chi connectivity index (χ0) is 13.1. The topological polar surface area (TPSA) is 57.0 Å². The van der Waals surface area contributed by atoms with E-state index in [1.807, 2.05) is 0 Å². The van der Waals surface area contributed by atoms with Gasteiger partial charge in [-0.25, -0.2) is 13.9 Å². The summed E-state index contributed by atoms with van der Waals surface area (Å²) in [6.07, 6.45) is 1.32. The van der Waals surface area contributed by atoms with Crippen LogP contribution in [0, 0.1) is 5.82 Å². The van der Waals surface area contributed by atoms with Gasteiger partial charge in [0.25, 0.3) is 0 Å². The second-order valence-electron chi connectivity index (χ2n) is 3.36. The lowest BCUT2D eigenvalue weighted by atomic mass is 10.3. The Bertz CT molecular complexity index is 585. The number of hydrogen-bond donors (Lipinski definition) is 0. The number of esters is 1. The number of benzene rings is 1. The number of carbonyl (C=O) groups excluding carboxylic acids is 1. The summed E-state index contributed by atoms with van der Waals surface area (Å²) < 4.78 is 20.2. The van der Waals surface area contributed by atoms with Gasteiger partial charge in [0, 0.05) is 4.47 Å². The van der Waals surface area contributed by atoms with E-state index in [0.29, 0.717) is 4.47 Å². The van der Waals surface area contributed by atoms with E-state index in [0.717, 1.165) is 0 Å². The molecule has 0 aliphatic heterocycles. The van der Waals surface area contributed by atoms with E-state index in [4.69, 9.17) is 4.74 Å². The van der Waals surface area contributed by atoms with Crippen molar-refractivity contribution in [3.8, 4) is 5.69 Å². The van der Waals surface area contributed by atoms with Crippen LogP contribution in [0.5, 0.6) is 0 Å². The third-order valence-corrected chi connectivity index (χ3v) is 2.63. The van der Waals surface area contributed by atoms with Gasteiger partial charge in [-0.05, 0) is 25.1 Å². The van der Waals surface area contributed by atoms with Gasteiger partial charge in [-0.15, -0.1) is 5.10 Å². The van der Waals surface area contributed by atoms with Gasteiger partial charge in [0.2, 0.25) is 0 Å². The highest BCUT2D eigenvalue weighted by Crippen LogP contribution is 2.18. The molecule has 7 heteroatoms.